The molecule has 0 unspecified atom stereocenters. The molecule has 3 aromatic rings. The van der Waals surface area contributed by atoms with E-state index in [4.69, 9.17) is 0 Å². The predicted molar refractivity (Wildman–Crippen MR) is 97.7 cm³/mol. The molecular formula is C17H10F3N3O6S. The number of halogens is 3. The summed E-state index contributed by atoms with van der Waals surface area (Å²) in [5.41, 5.74) is -2.99. The van der Waals surface area contributed by atoms with Gasteiger partial charge in [-0.05, 0) is 36.4 Å². The second kappa shape index (κ2) is 7.35. The number of nitro benzene ring substituents is 1. The van der Waals surface area contributed by atoms with Crippen molar-refractivity contribution < 1.29 is 36.2 Å². The van der Waals surface area contributed by atoms with Crippen LogP contribution in [0.2, 0.25) is 0 Å². The Morgan fingerprint density at radius 1 is 0.933 bits per heavy atom. The second-order valence-electron chi connectivity index (χ2n) is 5.94. The van der Waals surface area contributed by atoms with Crippen LogP contribution in [0.5, 0.6) is 5.75 Å². The van der Waals surface area contributed by atoms with E-state index in [1.165, 1.54) is 18.2 Å². The predicted octanol–water partition coefficient (Wildman–Crippen LogP) is 5.13. The smallest absolute Gasteiger partial charge is 0.418 e. The summed E-state index contributed by atoms with van der Waals surface area (Å²) in [7, 11) is -4.60. The van der Waals surface area contributed by atoms with Crippen LogP contribution >= 0.6 is 0 Å². The molecule has 0 atom stereocenters. The number of azo groups is 1. The molecule has 9 nitrogen and oxygen atoms in total. The molecule has 30 heavy (non-hydrogen) atoms. The average Bonchev–Trinajstić information content (AvgIpc) is 2.65. The monoisotopic (exact) mass is 441 g/mol. The highest BCUT2D eigenvalue weighted by Crippen LogP contribution is 2.40. The highest BCUT2D eigenvalue weighted by Gasteiger charge is 2.35. The van der Waals surface area contributed by atoms with E-state index in [0.29, 0.717) is 6.07 Å². The molecule has 0 aromatic heterocycles. The van der Waals surface area contributed by atoms with Gasteiger partial charge < -0.3 is 5.11 Å². The van der Waals surface area contributed by atoms with Gasteiger partial charge in [-0.25, -0.2) is 0 Å². The SMILES string of the molecule is O=[N+]([O-])c1ccc(N=Nc2ccc(O)c3ccc(S(=O)(=O)O)cc23)c(C(F)(F)F)c1. The Morgan fingerprint density at radius 2 is 1.57 bits per heavy atom. The summed E-state index contributed by atoms with van der Waals surface area (Å²) in [6.07, 6.45) is -4.95. The molecule has 0 radical (unpaired) electrons. The molecule has 156 valence electrons. The van der Waals surface area contributed by atoms with Crippen LogP contribution in [-0.4, -0.2) is 23.0 Å². The number of hydrogen-bond donors (Lipinski definition) is 2. The van der Waals surface area contributed by atoms with Crippen LogP contribution in [-0.2, 0) is 16.3 Å². The summed E-state index contributed by atoms with van der Waals surface area (Å²) in [6, 6.07) is 7.44. The summed E-state index contributed by atoms with van der Waals surface area (Å²) in [6.45, 7) is 0. The van der Waals surface area contributed by atoms with Crippen LogP contribution in [0, 0.1) is 10.1 Å². The van der Waals surface area contributed by atoms with Crippen molar-refractivity contribution in [1.29, 1.82) is 0 Å². The van der Waals surface area contributed by atoms with Gasteiger partial charge in [-0.1, -0.05) is 0 Å². The van der Waals surface area contributed by atoms with E-state index in [1.54, 1.807) is 0 Å². The van der Waals surface area contributed by atoms with Crippen LogP contribution in [0.3, 0.4) is 0 Å². The average molecular weight is 441 g/mol. The lowest BCUT2D eigenvalue weighted by Crippen LogP contribution is -2.06. The number of benzene rings is 3. The number of fused-ring (bicyclic) bond motifs is 1. The zero-order valence-electron chi connectivity index (χ0n) is 14.5. The number of non-ortho nitro benzene ring substituents is 1. The van der Waals surface area contributed by atoms with Crippen molar-refractivity contribution in [1.82, 2.24) is 0 Å². The van der Waals surface area contributed by atoms with Crippen LogP contribution in [0.1, 0.15) is 5.56 Å². The van der Waals surface area contributed by atoms with Crippen molar-refractivity contribution in [3.63, 3.8) is 0 Å². The van der Waals surface area contributed by atoms with Crippen molar-refractivity contribution in [2.45, 2.75) is 11.1 Å². The summed E-state index contributed by atoms with van der Waals surface area (Å²) in [5, 5.41) is 28.0. The fraction of sp³-hybridized carbons (Fsp3) is 0.0588. The van der Waals surface area contributed by atoms with Gasteiger partial charge in [0, 0.05) is 22.9 Å². The van der Waals surface area contributed by atoms with Crippen LogP contribution in [0.4, 0.5) is 30.2 Å². The molecule has 0 amide bonds. The van der Waals surface area contributed by atoms with Gasteiger partial charge in [0.1, 0.15) is 5.75 Å². The van der Waals surface area contributed by atoms with E-state index in [2.05, 4.69) is 10.2 Å². The van der Waals surface area contributed by atoms with E-state index in [1.807, 2.05) is 0 Å². The number of hydrogen-bond acceptors (Lipinski definition) is 7. The van der Waals surface area contributed by atoms with Crippen LogP contribution in [0.25, 0.3) is 10.8 Å². The standard InChI is InChI=1S/C17H10F3N3O6S/c18-17(19,20)13-7-9(23(25)26)1-4-15(13)22-21-14-5-6-16(24)11-3-2-10(8-12(11)14)30(27,28)29/h1-8,24H,(H,27,28,29). The Labute approximate surface area is 166 Å². The van der Waals surface area contributed by atoms with Crippen molar-refractivity contribution in [2.24, 2.45) is 10.2 Å². The minimum atomic E-state index is -4.95. The molecule has 0 spiro atoms. The van der Waals surface area contributed by atoms with Crippen molar-refractivity contribution in [3.8, 4) is 5.75 Å². The Morgan fingerprint density at radius 3 is 2.17 bits per heavy atom. The van der Waals surface area contributed by atoms with Crippen molar-refractivity contribution >= 4 is 38.0 Å². The van der Waals surface area contributed by atoms with Gasteiger partial charge in [0.25, 0.3) is 15.8 Å². The first-order valence-corrected chi connectivity index (χ1v) is 9.32. The van der Waals surface area contributed by atoms with Gasteiger partial charge in [0.15, 0.2) is 0 Å². The number of rotatable bonds is 4. The Hall–Kier alpha value is -3.58. The van der Waals surface area contributed by atoms with E-state index < -0.39 is 43.1 Å². The Balaban J connectivity index is 2.17. The zero-order valence-corrected chi connectivity index (χ0v) is 15.3. The topological polar surface area (TPSA) is 142 Å². The van der Waals surface area contributed by atoms with E-state index in [0.717, 1.165) is 24.3 Å². The second-order valence-corrected chi connectivity index (χ2v) is 7.36. The molecule has 0 heterocycles. The molecule has 0 saturated carbocycles. The summed E-state index contributed by atoms with van der Waals surface area (Å²) in [4.78, 5) is 9.24. The number of phenols is 1. The highest BCUT2D eigenvalue weighted by atomic mass is 32.2. The molecule has 13 heteroatoms. The maximum Gasteiger partial charge on any atom is 0.418 e. The van der Waals surface area contributed by atoms with Crippen LogP contribution < -0.4 is 0 Å². The molecule has 2 N–H and O–H groups in total. The molecule has 0 aliphatic rings. The zero-order chi connectivity index (χ0) is 22.3. The van der Waals surface area contributed by atoms with Crippen LogP contribution in [0.15, 0.2) is 63.7 Å². The number of nitro groups is 1. The third kappa shape index (κ3) is 4.21. The lowest BCUT2D eigenvalue weighted by atomic mass is 10.1. The van der Waals surface area contributed by atoms with Gasteiger partial charge in [0.2, 0.25) is 0 Å². The molecule has 3 aromatic carbocycles. The maximum absolute atomic E-state index is 13.3. The number of phenolic OH excluding ortho intramolecular Hbond substituents is 1. The van der Waals surface area contributed by atoms with Crippen molar-refractivity contribution in [3.05, 3.63) is 64.2 Å². The Bertz CT molecular complexity index is 1310. The number of alkyl halides is 3. The first-order valence-electron chi connectivity index (χ1n) is 7.88. The lowest BCUT2D eigenvalue weighted by Gasteiger charge is -2.09. The maximum atomic E-state index is 13.3. The van der Waals surface area contributed by atoms with Gasteiger partial charge in [-0.15, -0.1) is 10.2 Å². The van der Waals surface area contributed by atoms with E-state index in [9.17, 15) is 41.4 Å². The summed E-state index contributed by atoms with van der Waals surface area (Å²) < 4.78 is 71.7. The van der Waals surface area contributed by atoms with Gasteiger partial charge in [-0.3, -0.25) is 14.7 Å². The minimum Gasteiger partial charge on any atom is -0.507 e. The molecule has 0 aliphatic heterocycles. The fourth-order valence-electron chi connectivity index (χ4n) is 2.60. The van der Waals surface area contributed by atoms with E-state index in [-0.39, 0.29) is 22.2 Å². The first-order chi connectivity index (χ1) is 13.9. The molecule has 0 aliphatic carbocycles. The molecular weight excluding hydrogens is 431 g/mol. The highest BCUT2D eigenvalue weighted by molar-refractivity contribution is 7.85. The molecule has 0 bridgehead atoms. The fourth-order valence-corrected chi connectivity index (χ4v) is 3.11. The first kappa shape index (κ1) is 21.1. The Kier molecular flexibility index (Phi) is 5.18. The van der Waals surface area contributed by atoms with Crippen molar-refractivity contribution in [2.75, 3.05) is 0 Å². The third-order valence-corrected chi connectivity index (χ3v) is 4.85. The summed E-state index contributed by atoms with van der Waals surface area (Å²) >= 11 is 0. The molecule has 0 fully saturated rings. The van der Waals surface area contributed by atoms with E-state index >= 15 is 0 Å². The number of aromatic hydroxyl groups is 1. The normalized spacial score (nSPS) is 12.5. The van der Waals surface area contributed by atoms with Gasteiger partial charge >= 0.3 is 6.18 Å². The third-order valence-electron chi connectivity index (χ3n) is 4.00. The largest absolute Gasteiger partial charge is 0.507 e. The lowest BCUT2D eigenvalue weighted by molar-refractivity contribution is -0.385. The molecule has 3 rings (SSSR count). The van der Waals surface area contributed by atoms with Gasteiger partial charge in [-0.2, -0.15) is 21.6 Å². The number of nitrogens with zero attached hydrogens (tertiary/aromatic N) is 3. The summed E-state index contributed by atoms with van der Waals surface area (Å²) in [5.74, 6) is -0.267. The van der Waals surface area contributed by atoms with Gasteiger partial charge in [0.05, 0.1) is 26.8 Å². The molecule has 0 saturated heterocycles. The quantitative estimate of drug-likeness (QED) is 0.249. The minimum absolute atomic E-state index is 0.00987.